The number of amides is 1. The SMILES string of the molecule is CC(C)(C)OC(=O)Nc1cc(OCCCN)ccc1O. The number of phenolic OH excluding ortho intramolecular Hbond substituents is 1. The molecule has 0 atom stereocenters. The Morgan fingerprint density at radius 2 is 2.10 bits per heavy atom. The maximum absolute atomic E-state index is 11.7. The minimum absolute atomic E-state index is 0.0537. The highest BCUT2D eigenvalue weighted by Gasteiger charge is 2.17. The zero-order valence-corrected chi connectivity index (χ0v) is 12.1. The normalized spacial score (nSPS) is 11.0. The summed E-state index contributed by atoms with van der Waals surface area (Å²) in [6.45, 7) is 6.31. The van der Waals surface area contributed by atoms with Crippen LogP contribution >= 0.6 is 0 Å². The Labute approximate surface area is 118 Å². The molecule has 0 spiro atoms. The molecule has 112 valence electrons. The van der Waals surface area contributed by atoms with Gasteiger partial charge in [-0.25, -0.2) is 4.79 Å². The van der Waals surface area contributed by atoms with Crippen LogP contribution in [0, 0.1) is 0 Å². The fourth-order valence-corrected chi connectivity index (χ4v) is 1.39. The van der Waals surface area contributed by atoms with E-state index in [1.54, 1.807) is 26.8 Å². The van der Waals surface area contributed by atoms with Crippen LogP contribution in [0.4, 0.5) is 10.5 Å². The lowest BCUT2D eigenvalue weighted by molar-refractivity contribution is 0.0635. The average Bonchev–Trinajstić information content (AvgIpc) is 2.31. The molecular weight excluding hydrogens is 260 g/mol. The van der Waals surface area contributed by atoms with Crippen LogP contribution in [0.1, 0.15) is 27.2 Å². The van der Waals surface area contributed by atoms with E-state index < -0.39 is 11.7 Å². The Morgan fingerprint density at radius 1 is 1.40 bits per heavy atom. The molecule has 0 bridgehead atoms. The number of rotatable bonds is 5. The maximum Gasteiger partial charge on any atom is 0.412 e. The van der Waals surface area contributed by atoms with E-state index in [0.717, 1.165) is 6.42 Å². The molecule has 1 aromatic carbocycles. The molecule has 0 radical (unpaired) electrons. The van der Waals surface area contributed by atoms with Crippen molar-refractivity contribution < 1.29 is 19.4 Å². The summed E-state index contributed by atoms with van der Waals surface area (Å²) in [4.78, 5) is 11.7. The van der Waals surface area contributed by atoms with Crippen molar-refractivity contribution in [3.8, 4) is 11.5 Å². The number of benzene rings is 1. The summed E-state index contributed by atoms with van der Waals surface area (Å²) in [7, 11) is 0. The highest BCUT2D eigenvalue weighted by atomic mass is 16.6. The minimum atomic E-state index is -0.632. The van der Waals surface area contributed by atoms with Crippen molar-refractivity contribution in [3.63, 3.8) is 0 Å². The van der Waals surface area contributed by atoms with Crippen molar-refractivity contribution in [2.24, 2.45) is 5.73 Å². The first kappa shape index (κ1) is 16.1. The van der Waals surface area contributed by atoms with Gasteiger partial charge in [0.2, 0.25) is 0 Å². The molecule has 6 nitrogen and oxygen atoms in total. The predicted molar refractivity (Wildman–Crippen MR) is 77.1 cm³/mol. The zero-order valence-electron chi connectivity index (χ0n) is 12.1. The summed E-state index contributed by atoms with van der Waals surface area (Å²) in [5.74, 6) is 0.490. The van der Waals surface area contributed by atoms with E-state index in [1.165, 1.54) is 12.1 Å². The lowest BCUT2D eigenvalue weighted by Gasteiger charge is -2.20. The third-order valence-corrected chi connectivity index (χ3v) is 2.22. The van der Waals surface area contributed by atoms with Gasteiger partial charge in [-0.05, 0) is 45.9 Å². The fraction of sp³-hybridized carbons (Fsp3) is 0.500. The van der Waals surface area contributed by atoms with Crippen LogP contribution in [0.25, 0.3) is 0 Å². The van der Waals surface area contributed by atoms with E-state index in [9.17, 15) is 9.90 Å². The van der Waals surface area contributed by atoms with Crippen molar-refractivity contribution >= 4 is 11.8 Å². The molecule has 0 aliphatic heterocycles. The van der Waals surface area contributed by atoms with E-state index >= 15 is 0 Å². The minimum Gasteiger partial charge on any atom is -0.506 e. The molecule has 0 aliphatic rings. The van der Waals surface area contributed by atoms with Crippen molar-refractivity contribution in [3.05, 3.63) is 18.2 Å². The van der Waals surface area contributed by atoms with Gasteiger partial charge < -0.3 is 20.3 Å². The molecule has 0 aliphatic carbocycles. The monoisotopic (exact) mass is 282 g/mol. The summed E-state index contributed by atoms with van der Waals surface area (Å²) in [5, 5.41) is 12.2. The highest BCUT2D eigenvalue weighted by molar-refractivity contribution is 5.87. The van der Waals surface area contributed by atoms with E-state index in [4.69, 9.17) is 15.2 Å². The van der Waals surface area contributed by atoms with Crippen LogP contribution in [0.5, 0.6) is 11.5 Å². The van der Waals surface area contributed by atoms with Gasteiger partial charge in [0.15, 0.2) is 0 Å². The first-order valence-electron chi connectivity index (χ1n) is 6.48. The predicted octanol–water partition coefficient (Wildman–Crippen LogP) is 2.47. The standard InChI is InChI=1S/C14H22N2O4/c1-14(2,3)20-13(18)16-11-9-10(5-6-12(11)17)19-8-4-7-15/h5-6,9,17H,4,7-8,15H2,1-3H3,(H,16,18). The summed E-state index contributed by atoms with van der Waals surface area (Å²) < 4.78 is 10.6. The molecule has 0 unspecified atom stereocenters. The summed E-state index contributed by atoms with van der Waals surface area (Å²) in [6.07, 6.45) is 0.0994. The largest absolute Gasteiger partial charge is 0.506 e. The van der Waals surface area contributed by atoms with E-state index in [-0.39, 0.29) is 11.4 Å². The Bertz CT molecular complexity index is 455. The molecule has 1 rings (SSSR count). The van der Waals surface area contributed by atoms with E-state index in [1.807, 2.05) is 0 Å². The summed E-state index contributed by atoms with van der Waals surface area (Å²) >= 11 is 0. The maximum atomic E-state index is 11.7. The molecule has 0 aromatic heterocycles. The van der Waals surface area contributed by atoms with Crippen LogP contribution < -0.4 is 15.8 Å². The van der Waals surface area contributed by atoms with Gasteiger partial charge in [0.1, 0.15) is 17.1 Å². The van der Waals surface area contributed by atoms with Gasteiger partial charge in [0.25, 0.3) is 0 Å². The van der Waals surface area contributed by atoms with Gasteiger partial charge in [0, 0.05) is 6.07 Å². The second kappa shape index (κ2) is 7.00. The lowest BCUT2D eigenvalue weighted by atomic mass is 10.2. The molecule has 0 heterocycles. The molecule has 0 saturated carbocycles. The van der Waals surface area contributed by atoms with Crippen LogP contribution in [-0.2, 0) is 4.74 Å². The number of hydrogen-bond acceptors (Lipinski definition) is 5. The van der Waals surface area contributed by atoms with Gasteiger partial charge in [-0.1, -0.05) is 0 Å². The van der Waals surface area contributed by atoms with E-state index in [2.05, 4.69) is 5.32 Å². The number of aromatic hydroxyl groups is 1. The third-order valence-electron chi connectivity index (χ3n) is 2.22. The molecule has 6 heteroatoms. The van der Waals surface area contributed by atoms with Gasteiger partial charge in [0.05, 0.1) is 12.3 Å². The zero-order chi connectivity index (χ0) is 15.2. The molecule has 4 N–H and O–H groups in total. The van der Waals surface area contributed by atoms with Crippen LogP contribution in [0.2, 0.25) is 0 Å². The average molecular weight is 282 g/mol. The first-order valence-corrected chi connectivity index (χ1v) is 6.48. The van der Waals surface area contributed by atoms with Gasteiger partial charge in [-0.2, -0.15) is 0 Å². The molecule has 1 aromatic rings. The summed E-state index contributed by atoms with van der Waals surface area (Å²) in [5.41, 5.74) is 5.02. The molecular formula is C14H22N2O4. The summed E-state index contributed by atoms with van der Waals surface area (Å²) in [6, 6.07) is 4.60. The Morgan fingerprint density at radius 3 is 2.70 bits per heavy atom. The Hall–Kier alpha value is -1.95. The first-order chi connectivity index (χ1) is 9.31. The third kappa shape index (κ3) is 5.79. The Balaban J connectivity index is 2.68. The van der Waals surface area contributed by atoms with Gasteiger partial charge >= 0.3 is 6.09 Å². The second-order valence-corrected chi connectivity index (χ2v) is 5.30. The van der Waals surface area contributed by atoms with Crippen molar-refractivity contribution in [1.29, 1.82) is 0 Å². The van der Waals surface area contributed by atoms with Gasteiger partial charge in [-0.15, -0.1) is 0 Å². The number of hydrogen-bond donors (Lipinski definition) is 3. The van der Waals surface area contributed by atoms with Crippen LogP contribution in [-0.4, -0.2) is 30.0 Å². The molecule has 0 saturated heterocycles. The molecule has 0 fully saturated rings. The number of anilines is 1. The molecule has 20 heavy (non-hydrogen) atoms. The number of nitrogens with two attached hydrogens (primary N) is 1. The highest BCUT2D eigenvalue weighted by Crippen LogP contribution is 2.28. The molecule has 1 amide bonds. The topological polar surface area (TPSA) is 93.8 Å². The van der Waals surface area contributed by atoms with Gasteiger partial charge in [-0.3, -0.25) is 5.32 Å². The fourth-order valence-electron chi connectivity index (χ4n) is 1.39. The number of carbonyl (C=O) groups is 1. The lowest BCUT2D eigenvalue weighted by Crippen LogP contribution is -2.27. The number of ether oxygens (including phenoxy) is 2. The quantitative estimate of drug-likeness (QED) is 0.569. The number of nitrogens with one attached hydrogen (secondary N) is 1. The smallest absolute Gasteiger partial charge is 0.412 e. The second-order valence-electron chi connectivity index (χ2n) is 5.30. The van der Waals surface area contributed by atoms with E-state index in [0.29, 0.717) is 18.9 Å². The van der Waals surface area contributed by atoms with Crippen LogP contribution in [0.15, 0.2) is 18.2 Å². The van der Waals surface area contributed by atoms with Crippen molar-refractivity contribution in [2.45, 2.75) is 32.8 Å². The number of carbonyl (C=O) groups excluding carboxylic acids is 1. The Kier molecular flexibility index (Phi) is 5.64. The number of phenols is 1. The van der Waals surface area contributed by atoms with Crippen LogP contribution in [0.3, 0.4) is 0 Å². The van der Waals surface area contributed by atoms with Crippen molar-refractivity contribution in [2.75, 3.05) is 18.5 Å². The van der Waals surface area contributed by atoms with Crippen molar-refractivity contribution in [1.82, 2.24) is 0 Å².